The monoisotopic (exact) mass is 582 g/mol. The van der Waals surface area contributed by atoms with Crippen LogP contribution in [0.15, 0.2) is 55.1 Å². The first-order valence-electron chi connectivity index (χ1n) is 15.5. The summed E-state index contributed by atoms with van der Waals surface area (Å²) in [6, 6.07) is 15.0. The van der Waals surface area contributed by atoms with E-state index in [2.05, 4.69) is 83.8 Å². The number of hydrogen-bond donors (Lipinski definition) is 1. The van der Waals surface area contributed by atoms with Crippen molar-refractivity contribution in [3.05, 3.63) is 77.6 Å². The Morgan fingerprint density at radius 3 is 2.42 bits per heavy atom. The summed E-state index contributed by atoms with van der Waals surface area (Å²) >= 11 is 0. The van der Waals surface area contributed by atoms with Gasteiger partial charge in [0.05, 0.1) is 12.2 Å². The van der Waals surface area contributed by atoms with E-state index in [1.165, 1.54) is 33.7 Å². The van der Waals surface area contributed by atoms with E-state index in [1.807, 2.05) is 25.1 Å². The number of fused-ring (bicyclic) bond motifs is 2. The average molecular weight is 583 g/mol. The lowest BCUT2D eigenvalue weighted by Gasteiger charge is -2.39. The predicted molar refractivity (Wildman–Crippen MR) is 176 cm³/mol. The van der Waals surface area contributed by atoms with Gasteiger partial charge in [-0.2, -0.15) is 0 Å². The summed E-state index contributed by atoms with van der Waals surface area (Å²) in [5.41, 5.74) is 6.16. The molecular formula is C35H46N6O2. The van der Waals surface area contributed by atoms with Crippen molar-refractivity contribution in [3.63, 3.8) is 0 Å². The Balaban J connectivity index is 1.49. The quantitative estimate of drug-likeness (QED) is 0.371. The first kappa shape index (κ1) is 30.5. The van der Waals surface area contributed by atoms with Crippen molar-refractivity contribution >= 4 is 34.0 Å². The van der Waals surface area contributed by atoms with Crippen LogP contribution in [0.1, 0.15) is 47.6 Å². The first-order chi connectivity index (χ1) is 20.6. The molecule has 0 saturated carbocycles. The Morgan fingerprint density at radius 2 is 1.74 bits per heavy atom. The summed E-state index contributed by atoms with van der Waals surface area (Å²) < 4.78 is 0. The molecule has 1 atom stereocenters. The van der Waals surface area contributed by atoms with Gasteiger partial charge in [0, 0.05) is 67.6 Å². The Labute approximate surface area is 256 Å². The zero-order chi connectivity index (χ0) is 30.7. The van der Waals surface area contributed by atoms with Crippen LogP contribution in [0.5, 0.6) is 0 Å². The van der Waals surface area contributed by atoms with Gasteiger partial charge in [-0.15, -0.1) is 0 Å². The molecule has 3 aromatic rings. The van der Waals surface area contributed by atoms with Crippen LogP contribution < -0.4 is 15.1 Å². The number of aryl methyl sites for hydroxylation is 1. The SMILES string of the molecule is C=CC(=O)N1CCN(c2cc(C(=O)N[C@H](CC(C)C)CN(C)C)nc3c2CCN(c2cccc4cccc(C)c24)C3)CC1. The van der Waals surface area contributed by atoms with E-state index in [0.29, 0.717) is 44.3 Å². The zero-order valence-corrected chi connectivity index (χ0v) is 26.4. The largest absolute Gasteiger partial charge is 0.368 e. The van der Waals surface area contributed by atoms with Crippen molar-refractivity contribution in [1.82, 2.24) is 20.1 Å². The van der Waals surface area contributed by atoms with E-state index >= 15 is 0 Å². The molecule has 0 spiro atoms. The standard InChI is InChI=1S/C35H46N6O2/c1-7-33(42)40-18-16-39(17-19-40)32-21-29(35(43)36-27(20-24(2)3)22-38(5)6)37-30-23-41(15-14-28(30)32)31-13-9-12-26-11-8-10-25(4)34(26)31/h7-13,21,24,27H,1,14-20,22-23H2,2-6H3,(H,36,43)/t27-/m1/s1. The lowest BCUT2D eigenvalue weighted by atomic mass is 9.97. The first-order valence-corrected chi connectivity index (χ1v) is 15.5. The minimum absolute atomic E-state index is 0.0328. The number of pyridine rings is 1. The summed E-state index contributed by atoms with van der Waals surface area (Å²) in [5.74, 6) is 0.300. The van der Waals surface area contributed by atoms with Crippen LogP contribution in [-0.4, -0.2) is 86.0 Å². The van der Waals surface area contributed by atoms with E-state index < -0.39 is 0 Å². The van der Waals surface area contributed by atoms with Gasteiger partial charge in [0.25, 0.3) is 5.91 Å². The molecule has 0 unspecified atom stereocenters. The summed E-state index contributed by atoms with van der Waals surface area (Å²) in [6.45, 7) is 15.1. The molecule has 1 saturated heterocycles. The predicted octanol–water partition coefficient (Wildman–Crippen LogP) is 4.65. The highest BCUT2D eigenvalue weighted by atomic mass is 16.2. The fraction of sp³-hybridized carbons (Fsp3) is 0.457. The lowest BCUT2D eigenvalue weighted by Crippen LogP contribution is -2.49. The molecule has 2 aliphatic rings. The van der Waals surface area contributed by atoms with Crippen molar-refractivity contribution in [3.8, 4) is 0 Å². The Hall–Kier alpha value is -3.91. The molecule has 5 rings (SSSR count). The summed E-state index contributed by atoms with van der Waals surface area (Å²) in [5, 5.41) is 5.80. The number of carbonyl (C=O) groups excluding carboxylic acids is 2. The minimum atomic E-state index is -0.129. The van der Waals surface area contributed by atoms with Gasteiger partial charge in [0.15, 0.2) is 0 Å². The molecule has 1 N–H and O–H groups in total. The van der Waals surface area contributed by atoms with Gasteiger partial charge in [0.2, 0.25) is 5.91 Å². The molecule has 2 aliphatic heterocycles. The third-order valence-electron chi connectivity index (χ3n) is 8.61. The van der Waals surface area contributed by atoms with Gasteiger partial charge in [-0.05, 0) is 68.9 Å². The highest BCUT2D eigenvalue weighted by molar-refractivity contribution is 5.97. The van der Waals surface area contributed by atoms with Crippen molar-refractivity contribution < 1.29 is 9.59 Å². The van der Waals surface area contributed by atoms with Crippen molar-refractivity contribution in [2.75, 3.05) is 63.2 Å². The second kappa shape index (κ2) is 13.2. The van der Waals surface area contributed by atoms with Gasteiger partial charge in [-0.3, -0.25) is 9.59 Å². The van der Waals surface area contributed by atoms with Gasteiger partial charge >= 0.3 is 0 Å². The van der Waals surface area contributed by atoms with E-state index in [9.17, 15) is 9.59 Å². The van der Waals surface area contributed by atoms with Gasteiger partial charge in [-0.1, -0.05) is 50.8 Å². The number of nitrogens with one attached hydrogen (secondary N) is 1. The van der Waals surface area contributed by atoms with Crippen LogP contribution in [0.25, 0.3) is 10.8 Å². The van der Waals surface area contributed by atoms with Crippen LogP contribution in [0.3, 0.4) is 0 Å². The lowest BCUT2D eigenvalue weighted by molar-refractivity contribution is -0.126. The summed E-state index contributed by atoms with van der Waals surface area (Å²) in [7, 11) is 4.07. The Morgan fingerprint density at radius 1 is 1.02 bits per heavy atom. The number of likely N-dealkylation sites (N-methyl/N-ethyl adjacent to an activating group) is 1. The van der Waals surface area contributed by atoms with E-state index in [-0.39, 0.29) is 17.9 Å². The molecule has 2 amide bonds. The maximum absolute atomic E-state index is 13.8. The Bertz CT molecular complexity index is 1480. The highest BCUT2D eigenvalue weighted by Gasteiger charge is 2.29. The van der Waals surface area contributed by atoms with Crippen LogP contribution >= 0.6 is 0 Å². The number of amides is 2. The highest BCUT2D eigenvalue weighted by Crippen LogP contribution is 2.35. The van der Waals surface area contributed by atoms with E-state index in [1.54, 1.807) is 0 Å². The number of nitrogens with zero attached hydrogens (tertiary/aromatic N) is 5. The summed E-state index contributed by atoms with van der Waals surface area (Å²) in [6.07, 6.45) is 3.12. The molecule has 0 aliphatic carbocycles. The van der Waals surface area contributed by atoms with E-state index in [0.717, 1.165) is 37.3 Å². The third kappa shape index (κ3) is 6.85. The topological polar surface area (TPSA) is 72.0 Å². The van der Waals surface area contributed by atoms with Crippen molar-refractivity contribution in [2.45, 2.75) is 46.2 Å². The number of carbonyl (C=O) groups is 2. The maximum Gasteiger partial charge on any atom is 0.270 e. The molecule has 8 nitrogen and oxygen atoms in total. The number of benzene rings is 2. The molecule has 228 valence electrons. The van der Waals surface area contributed by atoms with Crippen LogP contribution in [-0.2, 0) is 17.8 Å². The van der Waals surface area contributed by atoms with Gasteiger partial charge < -0.3 is 24.9 Å². The molecule has 8 heteroatoms. The fourth-order valence-electron chi connectivity index (χ4n) is 6.64. The second-order valence-electron chi connectivity index (χ2n) is 12.7. The third-order valence-corrected chi connectivity index (χ3v) is 8.61. The number of hydrogen-bond acceptors (Lipinski definition) is 6. The number of rotatable bonds is 9. The summed E-state index contributed by atoms with van der Waals surface area (Å²) in [4.78, 5) is 39.8. The normalized spacial score (nSPS) is 16.0. The average Bonchev–Trinajstić information content (AvgIpc) is 2.99. The van der Waals surface area contributed by atoms with E-state index in [4.69, 9.17) is 4.98 Å². The van der Waals surface area contributed by atoms with Gasteiger partial charge in [0.1, 0.15) is 5.69 Å². The van der Waals surface area contributed by atoms with Gasteiger partial charge in [-0.25, -0.2) is 4.98 Å². The van der Waals surface area contributed by atoms with Crippen molar-refractivity contribution in [1.29, 1.82) is 0 Å². The minimum Gasteiger partial charge on any atom is -0.368 e. The fourth-order valence-corrected chi connectivity index (χ4v) is 6.64. The second-order valence-corrected chi connectivity index (χ2v) is 12.7. The molecular weight excluding hydrogens is 536 g/mol. The molecule has 2 aromatic carbocycles. The zero-order valence-electron chi connectivity index (χ0n) is 26.4. The smallest absolute Gasteiger partial charge is 0.270 e. The number of anilines is 2. The van der Waals surface area contributed by atoms with Crippen LogP contribution in [0, 0.1) is 12.8 Å². The van der Waals surface area contributed by atoms with Crippen molar-refractivity contribution in [2.24, 2.45) is 5.92 Å². The number of piperazine rings is 1. The maximum atomic E-state index is 13.8. The molecule has 3 heterocycles. The molecule has 0 radical (unpaired) electrons. The van der Waals surface area contributed by atoms with Crippen LogP contribution in [0.2, 0.25) is 0 Å². The Kier molecular flexibility index (Phi) is 9.35. The molecule has 0 bridgehead atoms. The molecule has 1 fully saturated rings. The van der Waals surface area contributed by atoms with Crippen LogP contribution in [0.4, 0.5) is 11.4 Å². The molecule has 1 aromatic heterocycles. The number of aromatic nitrogens is 1. The molecule has 43 heavy (non-hydrogen) atoms.